The Morgan fingerprint density at radius 1 is 1.24 bits per heavy atom. The summed E-state index contributed by atoms with van der Waals surface area (Å²) in [7, 11) is 1.56. The highest BCUT2D eigenvalue weighted by Gasteiger charge is 2.75. The summed E-state index contributed by atoms with van der Waals surface area (Å²) in [6.45, 7) is 14.1. The number of hydrogen-bond donors (Lipinski definition) is 3. The fourth-order valence-corrected chi connectivity index (χ4v) is 6.80. The Balaban J connectivity index is 2.05. The minimum absolute atomic E-state index is 0.000233. The maximum Gasteiger partial charge on any atom is 0.246 e. The van der Waals surface area contributed by atoms with Gasteiger partial charge in [-0.1, -0.05) is 41.0 Å². The number of aliphatic hydroxyl groups excluding tert-OH is 1. The van der Waals surface area contributed by atoms with Crippen LogP contribution >= 0.6 is 0 Å². The summed E-state index contributed by atoms with van der Waals surface area (Å²) < 4.78 is 6.41. The van der Waals surface area contributed by atoms with Crippen LogP contribution in [-0.2, 0) is 19.1 Å². The number of carbonyl (C=O) groups excluding carboxylic acids is 3. The van der Waals surface area contributed by atoms with Gasteiger partial charge in [0.05, 0.1) is 30.6 Å². The van der Waals surface area contributed by atoms with Crippen molar-refractivity contribution in [2.45, 2.75) is 103 Å². The molecule has 0 aromatic carbocycles. The van der Waals surface area contributed by atoms with Gasteiger partial charge >= 0.3 is 0 Å². The van der Waals surface area contributed by atoms with Gasteiger partial charge in [0.1, 0.15) is 11.6 Å². The molecule has 188 valence electrons. The number of nitrogens with zero attached hydrogens (tertiary/aromatic N) is 1. The molecule has 3 fully saturated rings. The first-order valence-corrected chi connectivity index (χ1v) is 12.4. The Bertz CT molecular complexity index is 791. The molecule has 0 saturated carbocycles. The molecule has 8 nitrogen and oxygen atoms in total. The lowest BCUT2D eigenvalue weighted by atomic mass is 9.70. The van der Waals surface area contributed by atoms with Crippen LogP contribution in [0.2, 0.25) is 0 Å². The summed E-state index contributed by atoms with van der Waals surface area (Å²) in [4.78, 5) is 42.2. The first-order valence-electron chi connectivity index (χ1n) is 12.4. The molecule has 0 aromatic rings. The molecule has 2 bridgehead atoms. The first-order chi connectivity index (χ1) is 15.2. The smallest absolute Gasteiger partial charge is 0.246 e. The SMILES string of the molecule is CC[C@H](C)[C@H](CO)N1C(=O)[C@@H]2[C@@H](C(=O)NC)[C@H]3CCC2(O3)C1C(=O)NC(C)(C)CC(C)(C)C. The number of hydrogen-bond acceptors (Lipinski definition) is 5. The van der Waals surface area contributed by atoms with Crippen molar-refractivity contribution in [3.05, 3.63) is 0 Å². The van der Waals surface area contributed by atoms with Crippen LogP contribution in [0.3, 0.4) is 0 Å². The third-order valence-corrected chi connectivity index (χ3v) is 7.81. The number of aliphatic hydroxyl groups is 1. The molecule has 2 unspecified atom stereocenters. The van der Waals surface area contributed by atoms with Crippen LogP contribution in [0.4, 0.5) is 0 Å². The van der Waals surface area contributed by atoms with E-state index >= 15 is 0 Å². The van der Waals surface area contributed by atoms with E-state index in [4.69, 9.17) is 4.74 Å². The minimum atomic E-state index is -1.04. The third-order valence-electron chi connectivity index (χ3n) is 7.81. The van der Waals surface area contributed by atoms with Gasteiger partial charge in [0.15, 0.2) is 0 Å². The molecule has 3 heterocycles. The topological polar surface area (TPSA) is 108 Å². The van der Waals surface area contributed by atoms with Crippen molar-refractivity contribution in [1.82, 2.24) is 15.5 Å². The van der Waals surface area contributed by atoms with Gasteiger partial charge < -0.3 is 25.4 Å². The lowest BCUT2D eigenvalue weighted by molar-refractivity contribution is -0.147. The zero-order chi connectivity index (χ0) is 24.9. The van der Waals surface area contributed by atoms with Crippen molar-refractivity contribution in [2.24, 2.45) is 23.2 Å². The monoisotopic (exact) mass is 465 g/mol. The predicted octanol–water partition coefficient (Wildman–Crippen LogP) is 1.85. The molecule has 3 amide bonds. The molecule has 8 heteroatoms. The molecule has 7 atom stereocenters. The molecule has 0 aromatic heterocycles. The van der Waals surface area contributed by atoms with E-state index in [9.17, 15) is 19.5 Å². The Kier molecular flexibility index (Phi) is 6.95. The first kappa shape index (κ1) is 25.9. The minimum Gasteiger partial charge on any atom is -0.394 e. The van der Waals surface area contributed by atoms with Gasteiger partial charge in [-0.05, 0) is 44.4 Å². The number of ether oxygens (including phenoxy) is 1. The van der Waals surface area contributed by atoms with Crippen molar-refractivity contribution in [1.29, 1.82) is 0 Å². The van der Waals surface area contributed by atoms with Crippen molar-refractivity contribution >= 4 is 17.7 Å². The van der Waals surface area contributed by atoms with Crippen molar-refractivity contribution in [3.63, 3.8) is 0 Å². The van der Waals surface area contributed by atoms with E-state index in [1.807, 2.05) is 27.7 Å². The summed E-state index contributed by atoms with van der Waals surface area (Å²) in [6.07, 6.45) is 2.32. The highest BCUT2D eigenvalue weighted by molar-refractivity contribution is 5.99. The molecule has 0 radical (unpaired) electrons. The fourth-order valence-electron chi connectivity index (χ4n) is 6.80. The standard InChI is InChI=1S/C25H43N3O5/c1-9-14(2)15(12-29)28-19(21(31)27-24(6,7)13-23(3,4)5)25-11-10-16(33-25)17(20(30)26-8)18(25)22(28)32/h14-19,29H,9-13H2,1-8H3,(H,26,30)(H,27,31)/t14-,15-,16+,17-,18-,19?,25?/m0/s1. The Morgan fingerprint density at radius 2 is 1.88 bits per heavy atom. The second kappa shape index (κ2) is 8.84. The van der Waals surface area contributed by atoms with E-state index in [1.54, 1.807) is 11.9 Å². The van der Waals surface area contributed by atoms with Crippen LogP contribution < -0.4 is 10.6 Å². The van der Waals surface area contributed by atoms with E-state index in [0.717, 1.165) is 12.8 Å². The van der Waals surface area contributed by atoms with Crippen LogP contribution in [0.15, 0.2) is 0 Å². The molecular formula is C25H43N3O5. The van der Waals surface area contributed by atoms with Crippen molar-refractivity contribution in [3.8, 4) is 0 Å². The maximum atomic E-state index is 13.9. The molecule has 3 N–H and O–H groups in total. The summed E-state index contributed by atoms with van der Waals surface area (Å²) in [5.41, 5.74) is -1.54. The average molecular weight is 466 g/mol. The van der Waals surface area contributed by atoms with Gasteiger partial charge in [0, 0.05) is 12.6 Å². The molecule has 3 rings (SSSR count). The average Bonchev–Trinajstić information content (AvgIpc) is 3.33. The number of nitrogens with one attached hydrogen (secondary N) is 2. The van der Waals surface area contributed by atoms with Gasteiger partial charge in [0.2, 0.25) is 17.7 Å². The summed E-state index contributed by atoms with van der Waals surface area (Å²) in [6, 6.07) is -1.39. The second-order valence-corrected chi connectivity index (χ2v) is 12.2. The van der Waals surface area contributed by atoms with E-state index in [2.05, 4.69) is 31.4 Å². The number of rotatable bonds is 8. The Labute approximate surface area is 198 Å². The number of likely N-dealkylation sites (tertiary alicyclic amines) is 1. The van der Waals surface area contributed by atoms with Gasteiger partial charge in [-0.3, -0.25) is 14.4 Å². The molecule has 33 heavy (non-hydrogen) atoms. The summed E-state index contributed by atoms with van der Waals surface area (Å²) in [5.74, 6) is -2.08. The Morgan fingerprint density at radius 3 is 2.39 bits per heavy atom. The van der Waals surface area contributed by atoms with Crippen LogP contribution in [0.25, 0.3) is 0 Å². The normalized spacial score (nSPS) is 33.1. The molecular weight excluding hydrogens is 422 g/mol. The Hall–Kier alpha value is -1.67. The van der Waals surface area contributed by atoms with E-state index < -0.39 is 35.1 Å². The second-order valence-electron chi connectivity index (χ2n) is 12.2. The molecule has 3 aliphatic heterocycles. The lowest BCUT2D eigenvalue weighted by Gasteiger charge is -2.41. The van der Waals surface area contributed by atoms with Crippen LogP contribution in [0.5, 0.6) is 0 Å². The van der Waals surface area contributed by atoms with E-state index in [1.165, 1.54) is 0 Å². The quantitative estimate of drug-likeness (QED) is 0.507. The predicted molar refractivity (Wildman–Crippen MR) is 125 cm³/mol. The molecule has 3 aliphatic rings. The highest BCUT2D eigenvalue weighted by atomic mass is 16.5. The zero-order valence-electron chi connectivity index (χ0n) is 21.5. The maximum absolute atomic E-state index is 13.9. The largest absolute Gasteiger partial charge is 0.394 e. The van der Waals surface area contributed by atoms with E-state index in [0.29, 0.717) is 12.8 Å². The third kappa shape index (κ3) is 4.41. The van der Waals surface area contributed by atoms with Crippen LogP contribution in [0.1, 0.15) is 74.1 Å². The summed E-state index contributed by atoms with van der Waals surface area (Å²) >= 11 is 0. The molecule has 3 saturated heterocycles. The summed E-state index contributed by atoms with van der Waals surface area (Å²) in [5, 5.41) is 16.2. The molecule has 0 aliphatic carbocycles. The van der Waals surface area contributed by atoms with Gasteiger partial charge in [-0.25, -0.2) is 0 Å². The van der Waals surface area contributed by atoms with Gasteiger partial charge in [-0.15, -0.1) is 0 Å². The highest BCUT2D eigenvalue weighted by Crippen LogP contribution is 2.59. The van der Waals surface area contributed by atoms with E-state index in [-0.39, 0.29) is 41.8 Å². The molecule has 1 spiro atoms. The number of amides is 3. The number of fused-ring (bicyclic) bond motifs is 1. The van der Waals surface area contributed by atoms with Crippen LogP contribution in [-0.4, -0.2) is 70.7 Å². The number of carbonyl (C=O) groups is 3. The zero-order valence-corrected chi connectivity index (χ0v) is 21.5. The van der Waals surface area contributed by atoms with Crippen molar-refractivity contribution in [2.75, 3.05) is 13.7 Å². The van der Waals surface area contributed by atoms with Crippen molar-refractivity contribution < 1.29 is 24.2 Å². The van der Waals surface area contributed by atoms with Crippen LogP contribution in [0, 0.1) is 23.2 Å². The van der Waals surface area contributed by atoms with Gasteiger partial charge in [-0.2, -0.15) is 0 Å². The van der Waals surface area contributed by atoms with Gasteiger partial charge in [0.25, 0.3) is 0 Å². The fraction of sp³-hybridized carbons (Fsp3) is 0.880. The lowest BCUT2D eigenvalue weighted by Crippen LogP contribution is -2.62.